The van der Waals surface area contributed by atoms with Crippen LogP contribution in [0.25, 0.3) is 0 Å². The maximum atomic E-state index is 8.73. The lowest BCUT2D eigenvalue weighted by Crippen LogP contribution is -2.43. The standard InChI is InChI=1S/C16H25N3O2/c1-11-6-7-19(10-15(11)21-3)9-14-5-4-13(8-12(14)2)16(17)18-20/h4-5,8,11,15,20H,6-7,9-10H2,1-3H3,(H2,17,18). The lowest BCUT2D eigenvalue weighted by Gasteiger charge is -2.36. The van der Waals surface area contributed by atoms with E-state index in [1.165, 1.54) is 12.0 Å². The maximum Gasteiger partial charge on any atom is 0.170 e. The van der Waals surface area contributed by atoms with Crippen LogP contribution in [0, 0.1) is 12.8 Å². The van der Waals surface area contributed by atoms with E-state index in [2.05, 4.69) is 30.0 Å². The van der Waals surface area contributed by atoms with E-state index in [-0.39, 0.29) is 5.84 Å². The van der Waals surface area contributed by atoms with Gasteiger partial charge in [-0.05, 0) is 43.0 Å². The van der Waals surface area contributed by atoms with Crippen molar-refractivity contribution in [2.24, 2.45) is 16.8 Å². The summed E-state index contributed by atoms with van der Waals surface area (Å²) >= 11 is 0. The highest BCUT2D eigenvalue weighted by molar-refractivity contribution is 5.97. The summed E-state index contributed by atoms with van der Waals surface area (Å²) < 4.78 is 5.57. The normalized spacial score (nSPS) is 24.2. The summed E-state index contributed by atoms with van der Waals surface area (Å²) in [5.41, 5.74) is 8.80. The fourth-order valence-corrected chi connectivity index (χ4v) is 2.88. The van der Waals surface area contributed by atoms with Gasteiger partial charge in [-0.1, -0.05) is 24.2 Å². The fourth-order valence-electron chi connectivity index (χ4n) is 2.88. The molecule has 2 unspecified atom stereocenters. The van der Waals surface area contributed by atoms with Gasteiger partial charge >= 0.3 is 0 Å². The summed E-state index contributed by atoms with van der Waals surface area (Å²) in [6.07, 6.45) is 1.48. The van der Waals surface area contributed by atoms with Gasteiger partial charge in [-0.15, -0.1) is 0 Å². The van der Waals surface area contributed by atoms with Crippen LogP contribution in [-0.4, -0.2) is 42.2 Å². The molecule has 0 saturated carbocycles. The molecular weight excluding hydrogens is 266 g/mol. The number of oxime groups is 1. The molecule has 0 amide bonds. The highest BCUT2D eigenvalue weighted by Gasteiger charge is 2.26. The Morgan fingerprint density at radius 3 is 2.90 bits per heavy atom. The Hall–Kier alpha value is -1.59. The number of nitrogens with two attached hydrogens (primary N) is 1. The molecule has 116 valence electrons. The number of methoxy groups -OCH3 is 1. The van der Waals surface area contributed by atoms with Gasteiger partial charge in [0.15, 0.2) is 5.84 Å². The third-order valence-corrected chi connectivity index (χ3v) is 4.42. The molecule has 1 aliphatic rings. The van der Waals surface area contributed by atoms with Crippen LogP contribution in [0.15, 0.2) is 23.4 Å². The van der Waals surface area contributed by atoms with Gasteiger partial charge < -0.3 is 15.7 Å². The predicted octanol–water partition coefficient (Wildman–Crippen LogP) is 1.95. The summed E-state index contributed by atoms with van der Waals surface area (Å²) in [5, 5.41) is 11.8. The molecule has 2 atom stereocenters. The Labute approximate surface area is 126 Å². The van der Waals surface area contributed by atoms with Crippen molar-refractivity contribution in [2.75, 3.05) is 20.2 Å². The number of hydrogen-bond donors (Lipinski definition) is 2. The zero-order valence-electron chi connectivity index (χ0n) is 13.0. The Balaban J connectivity index is 2.06. The lowest BCUT2D eigenvalue weighted by molar-refractivity contribution is -0.00749. The van der Waals surface area contributed by atoms with Crippen molar-refractivity contribution in [1.29, 1.82) is 0 Å². The third-order valence-electron chi connectivity index (χ3n) is 4.42. The number of aryl methyl sites for hydroxylation is 1. The number of nitrogens with zero attached hydrogens (tertiary/aromatic N) is 2. The second kappa shape index (κ2) is 6.91. The summed E-state index contributed by atoms with van der Waals surface area (Å²) in [6.45, 7) is 7.29. The maximum absolute atomic E-state index is 8.73. The molecule has 0 aromatic heterocycles. The first-order chi connectivity index (χ1) is 10.0. The van der Waals surface area contributed by atoms with Crippen molar-refractivity contribution in [1.82, 2.24) is 4.90 Å². The van der Waals surface area contributed by atoms with Crippen molar-refractivity contribution < 1.29 is 9.94 Å². The van der Waals surface area contributed by atoms with E-state index in [0.29, 0.717) is 12.0 Å². The van der Waals surface area contributed by atoms with Crippen LogP contribution in [-0.2, 0) is 11.3 Å². The monoisotopic (exact) mass is 291 g/mol. The van der Waals surface area contributed by atoms with E-state index in [0.717, 1.165) is 30.8 Å². The minimum Gasteiger partial charge on any atom is -0.409 e. The van der Waals surface area contributed by atoms with Gasteiger partial charge in [0, 0.05) is 25.8 Å². The van der Waals surface area contributed by atoms with Crippen LogP contribution in [0.3, 0.4) is 0 Å². The molecule has 1 heterocycles. The molecule has 2 rings (SSSR count). The molecule has 1 aromatic carbocycles. The average molecular weight is 291 g/mol. The zero-order valence-corrected chi connectivity index (χ0v) is 13.0. The van der Waals surface area contributed by atoms with Crippen LogP contribution in [0.4, 0.5) is 0 Å². The number of amidine groups is 1. The first-order valence-electron chi connectivity index (χ1n) is 7.37. The van der Waals surface area contributed by atoms with Crippen LogP contribution in [0.2, 0.25) is 0 Å². The Bertz CT molecular complexity index is 516. The molecule has 1 aromatic rings. The summed E-state index contributed by atoms with van der Waals surface area (Å²) in [4.78, 5) is 2.43. The molecule has 0 bridgehead atoms. The Kier molecular flexibility index (Phi) is 5.20. The largest absolute Gasteiger partial charge is 0.409 e. The Morgan fingerprint density at radius 2 is 2.29 bits per heavy atom. The molecule has 0 aliphatic carbocycles. The minimum atomic E-state index is 0.149. The summed E-state index contributed by atoms with van der Waals surface area (Å²) in [5.74, 6) is 0.770. The predicted molar refractivity (Wildman–Crippen MR) is 83.5 cm³/mol. The average Bonchev–Trinajstić information content (AvgIpc) is 2.50. The van der Waals surface area contributed by atoms with Gasteiger partial charge in [0.2, 0.25) is 0 Å². The molecule has 5 heteroatoms. The first kappa shape index (κ1) is 15.8. The van der Waals surface area contributed by atoms with Crippen molar-refractivity contribution in [3.05, 3.63) is 34.9 Å². The second-order valence-electron chi connectivity index (χ2n) is 5.90. The third kappa shape index (κ3) is 3.74. The number of ether oxygens (including phenoxy) is 1. The molecule has 0 spiro atoms. The van der Waals surface area contributed by atoms with Crippen molar-refractivity contribution >= 4 is 5.84 Å². The lowest BCUT2D eigenvalue weighted by atomic mass is 9.95. The summed E-state index contributed by atoms with van der Waals surface area (Å²) in [6, 6.07) is 5.92. The van der Waals surface area contributed by atoms with Crippen LogP contribution in [0.5, 0.6) is 0 Å². The van der Waals surface area contributed by atoms with Crippen molar-refractivity contribution in [3.63, 3.8) is 0 Å². The number of benzene rings is 1. The van der Waals surface area contributed by atoms with Crippen molar-refractivity contribution in [3.8, 4) is 0 Å². The molecule has 21 heavy (non-hydrogen) atoms. The SMILES string of the molecule is COC1CN(Cc2ccc(/C(N)=N/O)cc2C)CCC1C. The highest BCUT2D eigenvalue weighted by atomic mass is 16.5. The first-order valence-corrected chi connectivity index (χ1v) is 7.37. The molecule has 5 nitrogen and oxygen atoms in total. The van der Waals surface area contributed by atoms with E-state index in [1.54, 1.807) is 7.11 Å². The van der Waals surface area contributed by atoms with E-state index >= 15 is 0 Å². The van der Waals surface area contributed by atoms with Crippen LogP contribution >= 0.6 is 0 Å². The quantitative estimate of drug-likeness (QED) is 0.385. The van der Waals surface area contributed by atoms with E-state index in [1.807, 2.05) is 12.1 Å². The number of likely N-dealkylation sites (tertiary alicyclic amines) is 1. The van der Waals surface area contributed by atoms with Gasteiger partial charge in [-0.2, -0.15) is 0 Å². The van der Waals surface area contributed by atoms with Gasteiger partial charge in [-0.3, -0.25) is 4.90 Å². The molecular formula is C16H25N3O2. The number of hydrogen-bond acceptors (Lipinski definition) is 4. The fraction of sp³-hybridized carbons (Fsp3) is 0.562. The zero-order chi connectivity index (χ0) is 15.4. The molecule has 0 radical (unpaired) electrons. The van der Waals surface area contributed by atoms with Gasteiger partial charge in [-0.25, -0.2) is 0 Å². The summed E-state index contributed by atoms with van der Waals surface area (Å²) in [7, 11) is 1.79. The topological polar surface area (TPSA) is 71.1 Å². The van der Waals surface area contributed by atoms with Gasteiger partial charge in [0.25, 0.3) is 0 Å². The smallest absolute Gasteiger partial charge is 0.170 e. The van der Waals surface area contributed by atoms with Gasteiger partial charge in [0.1, 0.15) is 0 Å². The second-order valence-corrected chi connectivity index (χ2v) is 5.90. The highest BCUT2D eigenvalue weighted by Crippen LogP contribution is 2.22. The molecule has 1 aliphatic heterocycles. The number of piperidine rings is 1. The van der Waals surface area contributed by atoms with Crippen LogP contribution in [0.1, 0.15) is 30.0 Å². The molecule has 1 fully saturated rings. The van der Waals surface area contributed by atoms with Crippen molar-refractivity contribution in [2.45, 2.75) is 32.9 Å². The van der Waals surface area contributed by atoms with E-state index in [4.69, 9.17) is 15.7 Å². The number of rotatable bonds is 4. The van der Waals surface area contributed by atoms with Gasteiger partial charge in [0.05, 0.1) is 6.10 Å². The molecule has 1 saturated heterocycles. The Morgan fingerprint density at radius 1 is 1.52 bits per heavy atom. The molecule has 3 N–H and O–H groups in total. The van der Waals surface area contributed by atoms with E-state index < -0.39 is 0 Å². The van der Waals surface area contributed by atoms with E-state index in [9.17, 15) is 0 Å². The van der Waals surface area contributed by atoms with Crippen LogP contribution < -0.4 is 5.73 Å². The minimum absolute atomic E-state index is 0.149.